The standard InChI is InChI=1S/C14H10BrClN2OS/c15-10-3-1-9(2-4-10)14-18(13(19)8-20-14)12-6-5-11(16)7-17-12/h1-7,14H,8H2. The topological polar surface area (TPSA) is 33.2 Å². The Bertz CT molecular complexity index is 633. The van der Waals surface area contributed by atoms with E-state index in [0.29, 0.717) is 16.6 Å². The van der Waals surface area contributed by atoms with Crippen LogP contribution in [0.1, 0.15) is 10.9 Å². The van der Waals surface area contributed by atoms with Gasteiger partial charge >= 0.3 is 0 Å². The van der Waals surface area contributed by atoms with Gasteiger partial charge in [0.2, 0.25) is 5.91 Å². The maximum atomic E-state index is 12.1. The maximum Gasteiger partial charge on any atom is 0.239 e. The molecule has 0 aliphatic carbocycles. The lowest BCUT2D eigenvalue weighted by Gasteiger charge is -2.23. The van der Waals surface area contributed by atoms with E-state index in [0.717, 1.165) is 10.0 Å². The smallest absolute Gasteiger partial charge is 0.239 e. The van der Waals surface area contributed by atoms with Crippen LogP contribution in [0.2, 0.25) is 5.02 Å². The van der Waals surface area contributed by atoms with Gasteiger partial charge in [-0.15, -0.1) is 11.8 Å². The van der Waals surface area contributed by atoms with Crippen molar-refractivity contribution < 1.29 is 4.79 Å². The predicted octanol–water partition coefficient (Wildman–Crippen LogP) is 4.28. The highest BCUT2D eigenvalue weighted by Gasteiger charge is 2.34. The molecule has 1 aliphatic heterocycles. The van der Waals surface area contributed by atoms with Crippen LogP contribution in [0.4, 0.5) is 5.82 Å². The van der Waals surface area contributed by atoms with Gasteiger partial charge in [-0.2, -0.15) is 0 Å². The Hall–Kier alpha value is -1.04. The summed E-state index contributed by atoms with van der Waals surface area (Å²) in [5.41, 5.74) is 1.08. The number of benzene rings is 1. The minimum atomic E-state index is -0.0377. The third-order valence-electron chi connectivity index (χ3n) is 2.98. The van der Waals surface area contributed by atoms with E-state index in [1.54, 1.807) is 35.0 Å². The second kappa shape index (κ2) is 5.76. The van der Waals surface area contributed by atoms with E-state index in [-0.39, 0.29) is 11.3 Å². The molecule has 0 N–H and O–H groups in total. The third kappa shape index (κ3) is 2.71. The number of amides is 1. The Morgan fingerprint density at radius 3 is 2.65 bits per heavy atom. The summed E-state index contributed by atoms with van der Waals surface area (Å²) in [6.45, 7) is 0. The summed E-state index contributed by atoms with van der Waals surface area (Å²) in [4.78, 5) is 18.1. The molecule has 3 nitrogen and oxygen atoms in total. The molecule has 1 aromatic carbocycles. The minimum Gasteiger partial charge on any atom is -0.279 e. The second-order valence-electron chi connectivity index (χ2n) is 4.31. The first-order valence-electron chi connectivity index (χ1n) is 5.96. The number of thioether (sulfide) groups is 1. The van der Waals surface area contributed by atoms with E-state index < -0.39 is 0 Å². The Kier molecular flexibility index (Phi) is 4.01. The molecule has 20 heavy (non-hydrogen) atoms. The monoisotopic (exact) mass is 368 g/mol. The molecule has 3 rings (SSSR count). The lowest BCUT2D eigenvalue weighted by Crippen LogP contribution is -2.28. The molecule has 1 atom stereocenters. The number of hydrogen-bond donors (Lipinski definition) is 0. The van der Waals surface area contributed by atoms with Crippen LogP contribution in [0.15, 0.2) is 47.1 Å². The van der Waals surface area contributed by atoms with Gasteiger partial charge in [0.15, 0.2) is 0 Å². The van der Waals surface area contributed by atoms with Crippen LogP contribution in [0.3, 0.4) is 0 Å². The van der Waals surface area contributed by atoms with Crippen LogP contribution in [-0.2, 0) is 4.79 Å². The van der Waals surface area contributed by atoms with Crippen molar-refractivity contribution in [1.29, 1.82) is 0 Å². The maximum absolute atomic E-state index is 12.1. The van der Waals surface area contributed by atoms with Crippen LogP contribution in [0.5, 0.6) is 0 Å². The SMILES string of the molecule is O=C1CSC(c2ccc(Br)cc2)N1c1ccc(Cl)cn1. The molecule has 1 aliphatic rings. The number of aromatic nitrogens is 1. The number of rotatable bonds is 2. The molecule has 0 saturated carbocycles. The zero-order valence-electron chi connectivity index (χ0n) is 10.3. The van der Waals surface area contributed by atoms with Gasteiger partial charge in [0.1, 0.15) is 11.2 Å². The van der Waals surface area contributed by atoms with E-state index >= 15 is 0 Å². The van der Waals surface area contributed by atoms with Crippen molar-refractivity contribution in [2.45, 2.75) is 5.37 Å². The number of hydrogen-bond acceptors (Lipinski definition) is 3. The molecule has 0 spiro atoms. The fourth-order valence-corrected chi connectivity index (χ4v) is 3.60. The highest BCUT2D eigenvalue weighted by Crippen LogP contribution is 2.41. The summed E-state index contributed by atoms with van der Waals surface area (Å²) in [5.74, 6) is 1.17. The summed E-state index contributed by atoms with van der Waals surface area (Å²) >= 11 is 10.9. The number of nitrogens with zero attached hydrogens (tertiary/aromatic N) is 2. The molecule has 1 fully saturated rings. The number of carbonyl (C=O) groups is 1. The summed E-state index contributed by atoms with van der Waals surface area (Å²) in [5, 5.41) is 0.525. The van der Waals surface area contributed by atoms with Gasteiger partial charge in [0, 0.05) is 10.7 Å². The molecule has 1 saturated heterocycles. The minimum absolute atomic E-state index is 0.0377. The molecule has 1 amide bonds. The largest absolute Gasteiger partial charge is 0.279 e. The molecule has 2 heterocycles. The molecule has 102 valence electrons. The highest BCUT2D eigenvalue weighted by molar-refractivity contribution is 9.10. The van der Waals surface area contributed by atoms with E-state index in [1.165, 1.54) is 0 Å². The van der Waals surface area contributed by atoms with Crippen LogP contribution >= 0.6 is 39.3 Å². The number of pyridine rings is 1. The van der Waals surface area contributed by atoms with Crippen molar-refractivity contribution in [1.82, 2.24) is 4.98 Å². The zero-order chi connectivity index (χ0) is 14.1. The first-order chi connectivity index (χ1) is 9.65. The average molecular weight is 370 g/mol. The Labute approximate surface area is 134 Å². The van der Waals surface area contributed by atoms with Gasteiger partial charge in [-0.25, -0.2) is 4.98 Å². The summed E-state index contributed by atoms with van der Waals surface area (Å²) < 4.78 is 1.02. The van der Waals surface area contributed by atoms with Crippen molar-refractivity contribution in [2.24, 2.45) is 0 Å². The molecule has 0 radical (unpaired) electrons. The molecule has 1 unspecified atom stereocenters. The van der Waals surface area contributed by atoms with Gasteiger partial charge in [-0.05, 0) is 29.8 Å². The molecule has 1 aromatic heterocycles. The summed E-state index contributed by atoms with van der Waals surface area (Å²) in [6, 6.07) is 11.5. The van der Waals surface area contributed by atoms with Crippen molar-refractivity contribution in [3.05, 3.63) is 57.7 Å². The molecule has 2 aromatic rings. The van der Waals surface area contributed by atoms with E-state index in [9.17, 15) is 4.79 Å². The van der Waals surface area contributed by atoms with Crippen LogP contribution < -0.4 is 4.90 Å². The zero-order valence-corrected chi connectivity index (χ0v) is 13.5. The summed E-state index contributed by atoms with van der Waals surface area (Å²) in [6.07, 6.45) is 1.56. The van der Waals surface area contributed by atoms with Crippen molar-refractivity contribution in [3.8, 4) is 0 Å². The van der Waals surface area contributed by atoms with Gasteiger partial charge < -0.3 is 0 Å². The molecular weight excluding hydrogens is 360 g/mol. The van der Waals surface area contributed by atoms with Crippen LogP contribution in [-0.4, -0.2) is 16.6 Å². The summed E-state index contributed by atoms with van der Waals surface area (Å²) in [7, 11) is 0. The van der Waals surface area contributed by atoms with Crippen LogP contribution in [0.25, 0.3) is 0 Å². The van der Waals surface area contributed by atoms with Gasteiger partial charge in [0.25, 0.3) is 0 Å². The van der Waals surface area contributed by atoms with Crippen molar-refractivity contribution in [3.63, 3.8) is 0 Å². The number of carbonyl (C=O) groups excluding carboxylic acids is 1. The Morgan fingerprint density at radius 2 is 2.00 bits per heavy atom. The highest BCUT2D eigenvalue weighted by atomic mass is 79.9. The van der Waals surface area contributed by atoms with Crippen molar-refractivity contribution >= 4 is 51.0 Å². The first kappa shape index (κ1) is 13.9. The second-order valence-corrected chi connectivity index (χ2v) is 6.73. The average Bonchev–Trinajstić information content (AvgIpc) is 2.83. The van der Waals surface area contributed by atoms with Gasteiger partial charge in [0.05, 0.1) is 10.8 Å². The van der Waals surface area contributed by atoms with Gasteiger partial charge in [-0.1, -0.05) is 39.7 Å². The van der Waals surface area contributed by atoms with Gasteiger partial charge in [-0.3, -0.25) is 9.69 Å². The van der Waals surface area contributed by atoms with E-state index in [1.807, 2.05) is 24.3 Å². The van der Waals surface area contributed by atoms with Crippen molar-refractivity contribution in [2.75, 3.05) is 10.7 Å². The fraction of sp³-hybridized carbons (Fsp3) is 0.143. The quantitative estimate of drug-likeness (QED) is 0.792. The molecule has 0 bridgehead atoms. The number of halogens is 2. The van der Waals surface area contributed by atoms with E-state index in [4.69, 9.17) is 11.6 Å². The predicted molar refractivity (Wildman–Crippen MR) is 86.1 cm³/mol. The molecular formula is C14H10BrClN2OS. The lowest BCUT2D eigenvalue weighted by atomic mass is 10.2. The Balaban J connectivity index is 1.96. The molecule has 6 heteroatoms. The van der Waals surface area contributed by atoms with Crippen LogP contribution in [0, 0.1) is 0 Å². The lowest BCUT2D eigenvalue weighted by molar-refractivity contribution is -0.115. The number of anilines is 1. The van der Waals surface area contributed by atoms with E-state index in [2.05, 4.69) is 20.9 Å². The fourth-order valence-electron chi connectivity index (χ4n) is 2.06. The normalized spacial score (nSPS) is 18.6. The Morgan fingerprint density at radius 1 is 1.25 bits per heavy atom. The third-order valence-corrected chi connectivity index (χ3v) is 4.95. The first-order valence-corrected chi connectivity index (χ1v) is 8.18.